The van der Waals surface area contributed by atoms with Crippen LogP contribution in [0.15, 0.2) is 48.5 Å². The summed E-state index contributed by atoms with van der Waals surface area (Å²) < 4.78 is 27.1. The summed E-state index contributed by atoms with van der Waals surface area (Å²) in [6, 6.07) is 13.0. The fraction of sp³-hybridized carbons (Fsp3) is 0.500. The van der Waals surface area contributed by atoms with Crippen LogP contribution in [0, 0.1) is 17.6 Å². The molecule has 4 nitrogen and oxygen atoms in total. The molecule has 4 rings (SSSR count). The number of benzene rings is 2. The average Bonchev–Trinajstić information content (AvgIpc) is 3.25. The van der Waals surface area contributed by atoms with Gasteiger partial charge in [-0.3, -0.25) is 14.6 Å². The van der Waals surface area contributed by atoms with Crippen LogP contribution >= 0.6 is 0 Å². The van der Waals surface area contributed by atoms with E-state index in [1.807, 2.05) is 4.90 Å². The van der Waals surface area contributed by atoms with E-state index < -0.39 is 0 Å². The number of hydrogen-bond donors (Lipinski definition) is 0. The standard InChI is InChI=1S/C26H33F2N3O/c1-3-19-17-24(29(4-2)18-19)26(32)31-15-13-30(14-16-31)25(20-5-9-22(27)10-6-20)21-7-11-23(28)12-8-21/h5-12,19,24-25H,3-4,13-18H2,1-2H3/t19-,24+/m1/s1. The molecule has 2 heterocycles. The van der Waals surface area contributed by atoms with Gasteiger partial charge in [-0.1, -0.05) is 44.5 Å². The van der Waals surface area contributed by atoms with E-state index in [0.29, 0.717) is 19.0 Å². The Bertz CT molecular complexity index is 849. The van der Waals surface area contributed by atoms with Gasteiger partial charge in [-0.15, -0.1) is 0 Å². The van der Waals surface area contributed by atoms with Gasteiger partial charge in [0.1, 0.15) is 11.6 Å². The molecule has 2 fully saturated rings. The van der Waals surface area contributed by atoms with Crippen molar-refractivity contribution >= 4 is 5.91 Å². The number of carbonyl (C=O) groups is 1. The maximum atomic E-state index is 13.5. The number of halogens is 2. The van der Waals surface area contributed by atoms with E-state index in [1.54, 1.807) is 24.3 Å². The number of carbonyl (C=O) groups excluding carboxylic acids is 1. The molecule has 2 aromatic rings. The maximum absolute atomic E-state index is 13.5. The summed E-state index contributed by atoms with van der Waals surface area (Å²) in [7, 11) is 0. The zero-order valence-electron chi connectivity index (χ0n) is 19.0. The SMILES string of the molecule is CC[C@@H]1C[C@@H](C(=O)N2CCN(C(c3ccc(F)cc3)c3ccc(F)cc3)CC2)N(CC)C1. The Morgan fingerprint density at radius 3 is 1.91 bits per heavy atom. The summed E-state index contributed by atoms with van der Waals surface area (Å²) >= 11 is 0. The number of likely N-dealkylation sites (N-methyl/N-ethyl adjacent to an activating group) is 1. The van der Waals surface area contributed by atoms with Crippen LogP contribution in [-0.4, -0.2) is 65.9 Å². The van der Waals surface area contributed by atoms with Gasteiger partial charge >= 0.3 is 0 Å². The van der Waals surface area contributed by atoms with Gasteiger partial charge in [-0.2, -0.15) is 0 Å². The summed E-state index contributed by atoms with van der Waals surface area (Å²) in [5.74, 6) is 0.308. The molecule has 0 saturated carbocycles. The Hall–Kier alpha value is -2.31. The van der Waals surface area contributed by atoms with E-state index in [1.165, 1.54) is 24.3 Å². The van der Waals surface area contributed by atoms with Crippen molar-refractivity contribution < 1.29 is 13.6 Å². The number of amides is 1. The Balaban J connectivity index is 1.48. The van der Waals surface area contributed by atoms with Gasteiger partial charge in [-0.25, -0.2) is 8.78 Å². The van der Waals surface area contributed by atoms with E-state index in [2.05, 4.69) is 23.6 Å². The van der Waals surface area contributed by atoms with Crippen molar-refractivity contribution in [3.63, 3.8) is 0 Å². The smallest absolute Gasteiger partial charge is 0.240 e. The lowest BCUT2D eigenvalue weighted by molar-refractivity contribution is -0.138. The minimum atomic E-state index is -0.274. The van der Waals surface area contributed by atoms with Crippen LogP contribution in [0.5, 0.6) is 0 Å². The highest BCUT2D eigenvalue weighted by atomic mass is 19.1. The predicted octanol–water partition coefficient (Wildman–Crippen LogP) is 4.32. The fourth-order valence-corrected chi connectivity index (χ4v) is 5.22. The molecule has 1 amide bonds. The first-order valence-corrected chi connectivity index (χ1v) is 11.8. The van der Waals surface area contributed by atoms with Crippen molar-refractivity contribution in [1.82, 2.24) is 14.7 Å². The second-order valence-electron chi connectivity index (χ2n) is 8.98. The van der Waals surface area contributed by atoms with Crippen molar-refractivity contribution in [2.45, 2.75) is 38.8 Å². The first-order chi connectivity index (χ1) is 15.5. The lowest BCUT2D eigenvalue weighted by Gasteiger charge is -2.41. The number of likely N-dealkylation sites (tertiary alicyclic amines) is 1. The molecule has 0 spiro atoms. The van der Waals surface area contributed by atoms with E-state index in [9.17, 15) is 13.6 Å². The summed E-state index contributed by atoms with van der Waals surface area (Å²) in [6.07, 6.45) is 2.07. The Morgan fingerprint density at radius 2 is 1.44 bits per heavy atom. The van der Waals surface area contributed by atoms with Gasteiger partial charge in [0.15, 0.2) is 0 Å². The number of nitrogens with zero attached hydrogens (tertiary/aromatic N) is 3. The zero-order valence-corrected chi connectivity index (χ0v) is 19.0. The monoisotopic (exact) mass is 441 g/mol. The molecule has 0 radical (unpaired) electrons. The third kappa shape index (κ3) is 4.86. The van der Waals surface area contributed by atoms with Crippen molar-refractivity contribution in [1.29, 1.82) is 0 Å². The second-order valence-corrected chi connectivity index (χ2v) is 8.98. The first-order valence-electron chi connectivity index (χ1n) is 11.8. The molecule has 0 unspecified atom stereocenters. The number of hydrogen-bond acceptors (Lipinski definition) is 3. The third-order valence-corrected chi connectivity index (χ3v) is 7.12. The molecule has 0 N–H and O–H groups in total. The molecule has 0 bridgehead atoms. The van der Waals surface area contributed by atoms with E-state index in [4.69, 9.17) is 0 Å². The van der Waals surface area contributed by atoms with Gasteiger partial charge in [-0.05, 0) is 54.3 Å². The van der Waals surface area contributed by atoms with Crippen LogP contribution in [0.2, 0.25) is 0 Å². The molecule has 2 aliphatic heterocycles. The lowest BCUT2D eigenvalue weighted by atomic mass is 9.96. The molecular weight excluding hydrogens is 408 g/mol. The Labute approximate surface area is 189 Å². The lowest BCUT2D eigenvalue weighted by Crippen LogP contribution is -2.54. The van der Waals surface area contributed by atoms with Gasteiger partial charge < -0.3 is 4.90 Å². The second kappa shape index (κ2) is 10.1. The molecule has 172 valence electrons. The molecular formula is C26H33F2N3O. The quantitative estimate of drug-likeness (QED) is 0.668. The molecule has 0 aromatic heterocycles. The molecule has 2 aromatic carbocycles. The summed E-state index contributed by atoms with van der Waals surface area (Å²) in [5.41, 5.74) is 1.94. The molecule has 2 saturated heterocycles. The number of rotatable bonds is 6. The molecule has 32 heavy (non-hydrogen) atoms. The van der Waals surface area contributed by atoms with Crippen LogP contribution in [0.1, 0.15) is 43.9 Å². The minimum absolute atomic E-state index is 0.00138. The largest absolute Gasteiger partial charge is 0.339 e. The molecule has 2 atom stereocenters. The topological polar surface area (TPSA) is 26.8 Å². The highest BCUT2D eigenvalue weighted by molar-refractivity contribution is 5.82. The summed E-state index contributed by atoms with van der Waals surface area (Å²) in [5, 5.41) is 0. The molecule has 2 aliphatic rings. The summed E-state index contributed by atoms with van der Waals surface area (Å²) in [4.78, 5) is 19.9. The minimum Gasteiger partial charge on any atom is -0.339 e. The van der Waals surface area contributed by atoms with Crippen LogP contribution in [0.3, 0.4) is 0 Å². The highest BCUT2D eigenvalue weighted by Crippen LogP contribution is 2.31. The normalized spacial score (nSPS) is 22.6. The van der Waals surface area contributed by atoms with Gasteiger partial charge in [0.25, 0.3) is 0 Å². The van der Waals surface area contributed by atoms with Gasteiger partial charge in [0.2, 0.25) is 5.91 Å². The highest BCUT2D eigenvalue weighted by Gasteiger charge is 2.38. The predicted molar refractivity (Wildman–Crippen MR) is 122 cm³/mol. The van der Waals surface area contributed by atoms with Crippen molar-refractivity contribution in [2.75, 3.05) is 39.3 Å². The fourth-order valence-electron chi connectivity index (χ4n) is 5.22. The van der Waals surface area contributed by atoms with E-state index in [-0.39, 0.29) is 29.6 Å². The number of piperazine rings is 1. The molecule has 0 aliphatic carbocycles. The summed E-state index contributed by atoms with van der Waals surface area (Å²) in [6.45, 7) is 9.04. The van der Waals surface area contributed by atoms with Crippen molar-refractivity contribution in [2.24, 2.45) is 5.92 Å². The Kier molecular flexibility index (Phi) is 7.21. The maximum Gasteiger partial charge on any atom is 0.240 e. The molecule has 6 heteroatoms. The van der Waals surface area contributed by atoms with Crippen LogP contribution in [0.25, 0.3) is 0 Å². The third-order valence-electron chi connectivity index (χ3n) is 7.12. The average molecular weight is 442 g/mol. The van der Waals surface area contributed by atoms with Crippen molar-refractivity contribution in [3.05, 3.63) is 71.3 Å². The van der Waals surface area contributed by atoms with Crippen LogP contribution < -0.4 is 0 Å². The van der Waals surface area contributed by atoms with E-state index in [0.717, 1.165) is 50.1 Å². The zero-order chi connectivity index (χ0) is 22.7. The van der Waals surface area contributed by atoms with Crippen LogP contribution in [-0.2, 0) is 4.79 Å². The Morgan fingerprint density at radius 1 is 0.906 bits per heavy atom. The van der Waals surface area contributed by atoms with E-state index >= 15 is 0 Å². The first kappa shape index (κ1) is 22.9. The van der Waals surface area contributed by atoms with Gasteiger partial charge in [0.05, 0.1) is 12.1 Å². The van der Waals surface area contributed by atoms with Crippen molar-refractivity contribution in [3.8, 4) is 0 Å². The van der Waals surface area contributed by atoms with Crippen LogP contribution in [0.4, 0.5) is 8.78 Å². The van der Waals surface area contributed by atoms with Gasteiger partial charge in [0, 0.05) is 32.7 Å².